The SMILES string of the molecule is C=CCc1ccc2c([nH]c3ccccc32)c1C=C. The van der Waals surface area contributed by atoms with Gasteiger partial charge in [0.05, 0.1) is 5.52 Å². The quantitative estimate of drug-likeness (QED) is 0.631. The summed E-state index contributed by atoms with van der Waals surface area (Å²) in [5, 5.41) is 2.52. The van der Waals surface area contributed by atoms with E-state index in [1.54, 1.807) is 0 Å². The number of aromatic amines is 1. The second-order valence-electron chi connectivity index (χ2n) is 4.43. The Balaban J connectivity index is 2.43. The van der Waals surface area contributed by atoms with Gasteiger partial charge >= 0.3 is 0 Å². The third-order valence-corrected chi connectivity index (χ3v) is 3.38. The van der Waals surface area contributed by atoms with Gasteiger partial charge in [-0.1, -0.05) is 49.1 Å². The lowest BCUT2D eigenvalue weighted by Crippen LogP contribution is -1.88. The lowest BCUT2D eigenvalue weighted by Gasteiger charge is -2.04. The van der Waals surface area contributed by atoms with Crippen molar-refractivity contribution in [3.63, 3.8) is 0 Å². The Bertz CT molecular complexity index is 747. The van der Waals surface area contributed by atoms with Crippen molar-refractivity contribution in [3.05, 3.63) is 66.8 Å². The van der Waals surface area contributed by atoms with Gasteiger partial charge in [-0.25, -0.2) is 0 Å². The van der Waals surface area contributed by atoms with Gasteiger partial charge in [0.2, 0.25) is 0 Å². The van der Waals surface area contributed by atoms with E-state index in [4.69, 9.17) is 0 Å². The van der Waals surface area contributed by atoms with Gasteiger partial charge in [0.1, 0.15) is 0 Å². The highest BCUT2D eigenvalue weighted by molar-refractivity contribution is 6.09. The number of aromatic nitrogens is 1. The van der Waals surface area contributed by atoms with E-state index in [1.165, 1.54) is 32.9 Å². The van der Waals surface area contributed by atoms with Crippen LogP contribution in [0.5, 0.6) is 0 Å². The van der Waals surface area contributed by atoms with Crippen molar-refractivity contribution >= 4 is 27.9 Å². The van der Waals surface area contributed by atoms with Crippen LogP contribution in [0.15, 0.2) is 55.6 Å². The van der Waals surface area contributed by atoms with Crippen LogP contribution in [0.1, 0.15) is 11.1 Å². The molecule has 0 radical (unpaired) electrons. The van der Waals surface area contributed by atoms with E-state index >= 15 is 0 Å². The second kappa shape index (κ2) is 4.19. The highest BCUT2D eigenvalue weighted by atomic mass is 14.7. The average Bonchev–Trinajstić information content (AvgIpc) is 2.77. The van der Waals surface area contributed by atoms with Gasteiger partial charge in [0, 0.05) is 21.9 Å². The van der Waals surface area contributed by atoms with Crippen LogP contribution < -0.4 is 0 Å². The third-order valence-electron chi connectivity index (χ3n) is 3.38. The molecule has 0 amide bonds. The Kier molecular flexibility index (Phi) is 2.52. The summed E-state index contributed by atoms with van der Waals surface area (Å²) in [4.78, 5) is 3.49. The Morgan fingerprint density at radius 1 is 1.00 bits per heavy atom. The molecule has 0 atom stereocenters. The van der Waals surface area contributed by atoms with E-state index in [0.717, 1.165) is 6.42 Å². The number of H-pyrrole nitrogens is 1. The first-order valence-electron chi connectivity index (χ1n) is 6.11. The monoisotopic (exact) mass is 233 g/mol. The van der Waals surface area contributed by atoms with Crippen molar-refractivity contribution in [2.24, 2.45) is 0 Å². The minimum atomic E-state index is 0.868. The van der Waals surface area contributed by atoms with Gasteiger partial charge in [0.15, 0.2) is 0 Å². The summed E-state index contributed by atoms with van der Waals surface area (Å²) in [6.07, 6.45) is 4.72. The maximum atomic E-state index is 3.94. The van der Waals surface area contributed by atoms with Crippen molar-refractivity contribution in [1.29, 1.82) is 0 Å². The third kappa shape index (κ3) is 1.48. The second-order valence-corrected chi connectivity index (χ2v) is 4.43. The Morgan fingerprint density at radius 2 is 1.83 bits per heavy atom. The standard InChI is InChI=1S/C17H15N/c1-3-7-12-10-11-15-14-8-5-6-9-16(14)18-17(15)13(12)4-2/h3-6,8-11,18H,1-2,7H2. The molecule has 0 aliphatic carbocycles. The highest BCUT2D eigenvalue weighted by Gasteiger charge is 2.09. The van der Waals surface area contributed by atoms with Crippen LogP contribution in [0.4, 0.5) is 0 Å². The molecule has 0 saturated heterocycles. The zero-order valence-corrected chi connectivity index (χ0v) is 10.2. The number of para-hydroxylation sites is 1. The molecule has 3 rings (SSSR count). The first-order chi connectivity index (χ1) is 8.85. The largest absolute Gasteiger partial charge is 0.354 e. The fourth-order valence-electron chi connectivity index (χ4n) is 2.55. The van der Waals surface area contributed by atoms with Gasteiger partial charge in [0.25, 0.3) is 0 Å². The molecule has 0 aliphatic rings. The maximum Gasteiger partial charge on any atom is 0.0541 e. The minimum Gasteiger partial charge on any atom is -0.354 e. The van der Waals surface area contributed by atoms with Gasteiger partial charge in [-0.3, -0.25) is 0 Å². The van der Waals surface area contributed by atoms with Crippen molar-refractivity contribution in [2.75, 3.05) is 0 Å². The summed E-state index contributed by atoms with van der Waals surface area (Å²) < 4.78 is 0. The number of rotatable bonds is 3. The Morgan fingerprint density at radius 3 is 2.61 bits per heavy atom. The maximum absolute atomic E-state index is 3.94. The molecule has 1 nitrogen and oxygen atoms in total. The number of hydrogen-bond donors (Lipinski definition) is 1. The van der Waals surface area contributed by atoms with Gasteiger partial charge in [-0.2, -0.15) is 0 Å². The van der Waals surface area contributed by atoms with Crippen LogP contribution >= 0.6 is 0 Å². The fraction of sp³-hybridized carbons (Fsp3) is 0.0588. The topological polar surface area (TPSA) is 15.8 Å². The molecular weight excluding hydrogens is 218 g/mol. The predicted molar refractivity (Wildman–Crippen MR) is 79.8 cm³/mol. The molecule has 2 aromatic carbocycles. The summed E-state index contributed by atoms with van der Waals surface area (Å²) in [6.45, 7) is 7.75. The molecule has 1 N–H and O–H groups in total. The van der Waals surface area contributed by atoms with Crippen LogP contribution in [0.25, 0.3) is 27.9 Å². The molecule has 88 valence electrons. The fourth-order valence-corrected chi connectivity index (χ4v) is 2.55. The van der Waals surface area contributed by atoms with E-state index in [0.29, 0.717) is 0 Å². The zero-order valence-electron chi connectivity index (χ0n) is 10.2. The van der Waals surface area contributed by atoms with Crippen LogP contribution in [0, 0.1) is 0 Å². The number of allylic oxidation sites excluding steroid dienone is 1. The molecule has 1 heteroatoms. The van der Waals surface area contributed by atoms with Crippen LogP contribution in [0.2, 0.25) is 0 Å². The summed E-state index contributed by atoms with van der Waals surface area (Å²) in [7, 11) is 0. The van der Waals surface area contributed by atoms with Gasteiger partial charge in [-0.05, 0) is 18.1 Å². The molecule has 1 heterocycles. The number of hydrogen-bond acceptors (Lipinski definition) is 0. The lowest BCUT2D eigenvalue weighted by molar-refractivity contribution is 1.27. The average molecular weight is 233 g/mol. The lowest BCUT2D eigenvalue weighted by atomic mass is 10.0. The molecule has 1 aromatic heterocycles. The Labute approximate surface area is 106 Å². The molecule has 0 unspecified atom stereocenters. The van der Waals surface area contributed by atoms with E-state index in [9.17, 15) is 0 Å². The number of nitrogens with one attached hydrogen (secondary N) is 1. The van der Waals surface area contributed by atoms with Crippen molar-refractivity contribution < 1.29 is 0 Å². The zero-order chi connectivity index (χ0) is 12.5. The molecule has 0 saturated carbocycles. The smallest absolute Gasteiger partial charge is 0.0541 e. The van der Waals surface area contributed by atoms with Crippen molar-refractivity contribution in [3.8, 4) is 0 Å². The number of fused-ring (bicyclic) bond motifs is 3. The van der Waals surface area contributed by atoms with E-state index in [-0.39, 0.29) is 0 Å². The predicted octanol–water partition coefficient (Wildman–Crippen LogP) is 4.69. The van der Waals surface area contributed by atoms with E-state index < -0.39 is 0 Å². The van der Waals surface area contributed by atoms with Crippen molar-refractivity contribution in [1.82, 2.24) is 4.98 Å². The summed E-state index contributed by atoms with van der Waals surface area (Å²) in [6, 6.07) is 12.7. The molecule has 3 aromatic rings. The first kappa shape index (κ1) is 10.8. The van der Waals surface area contributed by atoms with Gasteiger partial charge in [-0.15, -0.1) is 6.58 Å². The highest BCUT2D eigenvalue weighted by Crippen LogP contribution is 2.30. The van der Waals surface area contributed by atoms with Crippen LogP contribution in [-0.4, -0.2) is 4.98 Å². The molecule has 0 aliphatic heterocycles. The summed E-state index contributed by atoms with van der Waals surface area (Å²) in [5.41, 5.74) is 4.79. The first-order valence-corrected chi connectivity index (χ1v) is 6.11. The number of benzene rings is 2. The van der Waals surface area contributed by atoms with Crippen molar-refractivity contribution in [2.45, 2.75) is 6.42 Å². The summed E-state index contributed by atoms with van der Waals surface area (Å²) in [5.74, 6) is 0. The van der Waals surface area contributed by atoms with Gasteiger partial charge < -0.3 is 4.98 Å². The normalized spacial score (nSPS) is 10.9. The van der Waals surface area contributed by atoms with Crippen LogP contribution in [0.3, 0.4) is 0 Å². The molecule has 0 fully saturated rings. The molecular formula is C17H15N. The van der Waals surface area contributed by atoms with E-state index in [1.807, 2.05) is 12.2 Å². The minimum absolute atomic E-state index is 0.868. The molecule has 18 heavy (non-hydrogen) atoms. The Hall–Kier alpha value is -2.28. The van der Waals surface area contributed by atoms with Crippen LogP contribution in [-0.2, 0) is 6.42 Å². The summed E-state index contributed by atoms with van der Waals surface area (Å²) >= 11 is 0. The molecule has 0 bridgehead atoms. The van der Waals surface area contributed by atoms with E-state index in [2.05, 4.69) is 54.5 Å². The molecule has 0 spiro atoms.